The lowest BCUT2D eigenvalue weighted by Crippen LogP contribution is -2.03. The Labute approximate surface area is 106 Å². The average molecular weight is 256 g/mol. The molecule has 1 rings (SSSR count). The molecule has 0 aromatic carbocycles. The lowest BCUT2D eigenvalue weighted by atomic mass is 10.1. The van der Waals surface area contributed by atoms with Gasteiger partial charge in [-0.1, -0.05) is 27.7 Å². The molecule has 0 aliphatic carbocycles. The summed E-state index contributed by atoms with van der Waals surface area (Å²) >= 11 is 1.31. The smallest absolute Gasteiger partial charge is 0.349 e. The van der Waals surface area contributed by atoms with Gasteiger partial charge in [-0.2, -0.15) is 0 Å². The van der Waals surface area contributed by atoms with E-state index in [2.05, 4.69) is 27.7 Å². The molecule has 0 spiro atoms. The third-order valence-electron chi connectivity index (χ3n) is 2.43. The van der Waals surface area contributed by atoms with Crippen LogP contribution in [-0.4, -0.2) is 17.7 Å². The van der Waals surface area contributed by atoms with Gasteiger partial charge in [0.2, 0.25) is 0 Å². The Morgan fingerprint density at radius 1 is 1.41 bits per heavy atom. The minimum Gasteiger partial charge on any atom is -0.492 e. The molecular weight excluding hydrogens is 236 g/mol. The van der Waals surface area contributed by atoms with Crippen molar-refractivity contribution < 1.29 is 14.6 Å². The Morgan fingerprint density at radius 3 is 2.53 bits per heavy atom. The van der Waals surface area contributed by atoms with Crippen LogP contribution in [0.5, 0.6) is 5.75 Å². The first kappa shape index (κ1) is 14.0. The topological polar surface area (TPSA) is 46.5 Å². The van der Waals surface area contributed by atoms with Gasteiger partial charge in [0.15, 0.2) is 4.88 Å². The maximum Gasteiger partial charge on any atom is 0.349 e. The predicted molar refractivity (Wildman–Crippen MR) is 70.3 cm³/mol. The van der Waals surface area contributed by atoms with Crippen LogP contribution in [0, 0.1) is 5.92 Å². The molecule has 0 saturated heterocycles. The standard InChI is InChI=1S/C13H20O3S/c1-8(2)5-6-16-10-7-11(9(3)4)17-12(10)13(14)15/h7-9H,5-6H2,1-4H3,(H,14,15). The molecule has 96 valence electrons. The first-order valence-corrected chi connectivity index (χ1v) is 6.73. The first-order valence-electron chi connectivity index (χ1n) is 5.91. The number of rotatable bonds is 6. The average Bonchev–Trinajstić information content (AvgIpc) is 2.61. The summed E-state index contributed by atoms with van der Waals surface area (Å²) in [5.41, 5.74) is 0. The number of thiophene rings is 1. The first-order chi connectivity index (χ1) is 7.91. The van der Waals surface area contributed by atoms with E-state index in [0.717, 1.165) is 11.3 Å². The van der Waals surface area contributed by atoms with E-state index in [-0.39, 0.29) is 0 Å². The molecule has 1 heterocycles. The molecule has 1 N–H and O–H groups in total. The van der Waals surface area contributed by atoms with Crippen LogP contribution in [0.15, 0.2) is 6.07 Å². The van der Waals surface area contributed by atoms with E-state index in [9.17, 15) is 4.79 Å². The van der Waals surface area contributed by atoms with Gasteiger partial charge in [0.25, 0.3) is 0 Å². The highest BCUT2D eigenvalue weighted by molar-refractivity contribution is 7.14. The molecule has 0 unspecified atom stereocenters. The van der Waals surface area contributed by atoms with Crippen LogP contribution in [0.3, 0.4) is 0 Å². The second-order valence-corrected chi connectivity index (χ2v) is 5.92. The Hall–Kier alpha value is -1.03. The summed E-state index contributed by atoms with van der Waals surface area (Å²) < 4.78 is 5.57. The highest BCUT2D eigenvalue weighted by Gasteiger charge is 2.18. The van der Waals surface area contributed by atoms with Gasteiger partial charge in [-0.25, -0.2) is 4.79 Å². The fourth-order valence-electron chi connectivity index (χ4n) is 1.34. The largest absolute Gasteiger partial charge is 0.492 e. The van der Waals surface area contributed by atoms with Gasteiger partial charge in [-0.05, 0) is 24.3 Å². The zero-order valence-electron chi connectivity index (χ0n) is 10.8. The number of ether oxygens (including phenoxy) is 1. The fraction of sp³-hybridized carbons (Fsp3) is 0.615. The molecule has 0 atom stereocenters. The van der Waals surface area contributed by atoms with E-state index in [0.29, 0.717) is 29.1 Å². The minimum absolute atomic E-state index is 0.317. The second kappa shape index (κ2) is 6.05. The summed E-state index contributed by atoms with van der Waals surface area (Å²) in [4.78, 5) is 12.5. The number of hydrogen-bond acceptors (Lipinski definition) is 3. The zero-order valence-corrected chi connectivity index (χ0v) is 11.6. The van der Waals surface area contributed by atoms with Crippen LogP contribution in [0.1, 0.15) is 54.6 Å². The third kappa shape index (κ3) is 4.04. The van der Waals surface area contributed by atoms with Crippen molar-refractivity contribution in [2.75, 3.05) is 6.61 Å². The molecule has 0 bridgehead atoms. The van der Waals surface area contributed by atoms with Crippen LogP contribution < -0.4 is 4.74 Å². The van der Waals surface area contributed by atoms with Crippen molar-refractivity contribution in [1.29, 1.82) is 0 Å². The van der Waals surface area contributed by atoms with Crippen LogP contribution >= 0.6 is 11.3 Å². The van der Waals surface area contributed by atoms with Crippen molar-refractivity contribution in [1.82, 2.24) is 0 Å². The SMILES string of the molecule is CC(C)CCOc1cc(C(C)C)sc1C(=O)O. The molecule has 3 nitrogen and oxygen atoms in total. The van der Waals surface area contributed by atoms with Gasteiger partial charge in [-0.3, -0.25) is 0 Å². The lowest BCUT2D eigenvalue weighted by molar-refractivity contribution is 0.0698. The molecule has 0 amide bonds. The van der Waals surface area contributed by atoms with Crippen molar-refractivity contribution in [2.24, 2.45) is 5.92 Å². The molecule has 0 fully saturated rings. The summed E-state index contributed by atoms with van der Waals surface area (Å²) in [6.45, 7) is 8.92. The maximum absolute atomic E-state index is 11.1. The van der Waals surface area contributed by atoms with Crippen LogP contribution in [0.2, 0.25) is 0 Å². The Bertz CT molecular complexity index is 380. The number of carboxylic acids is 1. The quantitative estimate of drug-likeness (QED) is 0.837. The minimum atomic E-state index is -0.901. The Morgan fingerprint density at radius 2 is 2.06 bits per heavy atom. The van der Waals surface area contributed by atoms with Crippen molar-refractivity contribution in [3.63, 3.8) is 0 Å². The van der Waals surface area contributed by atoms with Crippen molar-refractivity contribution in [3.8, 4) is 5.75 Å². The van der Waals surface area contributed by atoms with Gasteiger partial charge in [0, 0.05) is 4.88 Å². The van der Waals surface area contributed by atoms with E-state index >= 15 is 0 Å². The number of hydrogen-bond donors (Lipinski definition) is 1. The number of aromatic carboxylic acids is 1. The molecule has 0 aliphatic heterocycles. The van der Waals surface area contributed by atoms with Crippen molar-refractivity contribution in [3.05, 3.63) is 15.8 Å². The van der Waals surface area contributed by atoms with E-state index in [1.165, 1.54) is 11.3 Å². The molecule has 4 heteroatoms. The third-order valence-corrected chi connectivity index (χ3v) is 3.84. The maximum atomic E-state index is 11.1. The molecule has 17 heavy (non-hydrogen) atoms. The molecular formula is C13H20O3S. The van der Waals surface area contributed by atoms with Gasteiger partial charge in [0.05, 0.1) is 6.61 Å². The highest BCUT2D eigenvalue weighted by Crippen LogP contribution is 2.34. The second-order valence-electron chi connectivity index (χ2n) is 4.83. The molecule has 0 aliphatic rings. The number of carbonyl (C=O) groups is 1. The van der Waals surface area contributed by atoms with Crippen molar-refractivity contribution in [2.45, 2.75) is 40.0 Å². The van der Waals surface area contributed by atoms with E-state index in [1.807, 2.05) is 6.07 Å². The van der Waals surface area contributed by atoms with E-state index < -0.39 is 5.97 Å². The molecule has 1 aromatic heterocycles. The zero-order chi connectivity index (χ0) is 13.0. The number of carboxylic acid groups (broad SMARTS) is 1. The summed E-state index contributed by atoms with van der Waals surface area (Å²) in [5, 5.41) is 9.10. The van der Waals surface area contributed by atoms with Crippen molar-refractivity contribution >= 4 is 17.3 Å². The highest BCUT2D eigenvalue weighted by atomic mass is 32.1. The Kier molecular flexibility index (Phi) is 5.00. The van der Waals surface area contributed by atoms with E-state index in [1.54, 1.807) is 0 Å². The van der Waals surface area contributed by atoms with Gasteiger partial charge in [0.1, 0.15) is 5.75 Å². The van der Waals surface area contributed by atoms with Crippen LogP contribution in [0.25, 0.3) is 0 Å². The van der Waals surface area contributed by atoms with E-state index in [4.69, 9.17) is 9.84 Å². The Balaban J connectivity index is 2.78. The summed E-state index contributed by atoms with van der Waals surface area (Å²) in [6.07, 6.45) is 0.936. The molecule has 0 saturated carbocycles. The van der Waals surface area contributed by atoms with Gasteiger partial charge >= 0.3 is 5.97 Å². The van der Waals surface area contributed by atoms with Crippen LogP contribution in [-0.2, 0) is 0 Å². The fourth-order valence-corrected chi connectivity index (χ4v) is 2.28. The summed E-state index contributed by atoms with van der Waals surface area (Å²) in [5.74, 6) is 0.514. The summed E-state index contributed by atoms with van der Waals surface area (Å²) in [7, 11) is 0. The van der Waals surface area contributed by atoms with Crippen LogP contribution in [0.4, 0.5) is 0 Å². The predicted octanol–water partition coefficient (Wildman–Crippen LogP) is 3.99. The molecule has 0 radical (unpaired) electrons. The summed E-state index contributed by atoms with van der Waals surface area (Å²) in [6, 6.07) is 1.86. The van der Waals surface area contributed by atoms with Gasteiger partial charge in [-0.15, -0.1) is 11.3 Å². The monoisotopic (exact) mass is 256 g/mol. The lowest BCUT2D eigenvalue weighted by Gasteiger charge is -2.07. The normalized spacial score (nSPS) is 11.2. The molecule has 1 aromatic rings. The van der Waals surface area contributed by atoms with Gasteiger partial charge < -0.3 is 9.84 Å².